The molecule has 0 saturated carbocycles. The van der Waals surface area contributed by atoms with Gasteiger partial charge < -0.3 is 10.4 Å². The Labute approximate surface area is 175 Å². The van der Waals surface area contributed by atoms with Crippen LogP contribution in [0.25, 0.3) is 10.2 Å². The van der Waals surface area contributed by atoms with E-state index in [2.05, 4.69) is 32.0 Å². The SMILES string of the molecule is CCl.[B]c1ccc(Nc2c(C(=O)NOCCO)cc3snnc3c2F)c(Cl)c1. The number of amides is 1. The highest BCUT2D eigenvalue weighted by molar-refractivity contribution is 7.13. The molecule has 0 spiro atoms. The van der Waals surface area contributed by atoms with Gasteiger partial charge in [-0.3, -0.25) is 9.63 Å². The molecule has 0 aliphatic carbocycles. The van der Waals surface area contributed by atoms with E-state index in [0.717, 1.165) is 11.5 Å². The van der Waals surface area contributed by atoms with Crippen LogP contribution in [0.15, 0.2) is 24.3 Å². The molecule has 0 aliphatic rings. The van der Waals surface area contributed by atoms with Crippen molar-refractivity contribution in [3.05, 3.63) is 40.7 Å². The summed E-state index contributed by atoms with van der Waals surface area (Å²) in [5, 5.41) is 15.5. The van der Waals surface area contributed by atoms with Gasteiger partial charge >= 0.3 is 0 Å². The smallest absolute Gasteiger partial charge is 0.277 e. The minimum absolute atomic E-state index is 0.0249. The van der Waals surface area contributed by atoms with Crippen LogP contribution in [0.1, 0.15) is 10.4 Å². The second-order valence-electron chi connectivity index (χ2n) is 5.10. The molecule has 2 aromatic carbocycles. The van der Waals surface area contributed by atoms with E-state index in [4.69, 9.17) is 29.4 Å². The molecule has 1 aromatic heterocycles. The van der Waals surface area contributed by atoms with Gasteiger partial charge in [-0.05, 0) is 29.7 Å². The van der Waals surface area contributed by atoms with Crippen LogP contribution in [0.4, 0.5) is 15.8 Å². The topological polar surface area (TPSA) is 96.4 Å². The molecule has 12 heteroatoms. The Bertz CT molecular complexity index is 976. The quantitative estimate of drug-likeness (QED) is 0.235. The number of aliphatic hydroxyl groups is 1. The number of benzene rings is 2. The number of alkyl halides is 1. The van der Waals surface area contributed by atoms with Crippen molar-refractivity contribution < 1.29 is 19.1 Å². The van der Waals surface area contributed by atoms with Gasteiger partial charge in [-0.15, -0.1) is 16.7 Å². The molecule has 146 valence electrons. The third-order valence-corrected chi connectivity index (χ3v) is 4.33. The maximum atomic E-state index is 14.9. The maximum absolute atomic E-state index is 14.9. The lowest BCUT2D eigenvalue weighted by molar-refractivity contribution is 0.0169. The van der Waals surface area contributed by atoms with Crippen molar-refractivity contribution in [1.29, 1.82) is 0 Å². The van der Waals surface area contributed by atoms with E-state index in [-0.39, 0.29) is 35.0 Å². The Morgan fingerprint density at radius 2 is 2.14 bits per heavy atom. The molecule has 1 heterocycles. The summed E-state index contributed by atoms with van der Waals surface area (Å²) in [5.41, 5.74) is 2.79. The van der Waals surface area contributed by atoms with Gasteiger partial charge in [-0.25, -0.2) is 9.87 Å². The first-order valence-corrected chi connectivity index (χ1v) is 9.59. The van der Waals surface area contributed by atoms with E-state index in [0.29, 0.717) is 15.9 Å². The Morgan fingerprint density at radius 3 is 2.82 bits per heavy atom. The van der Waals surface area contributed by atoms with Crippen molar-refractivity contribution in [1.82, 2.24) is 15.1 Å². The van der Waals surface area contributed by atoms with Crippen LogP contribution in [0.3, 0.4) is 0 Å². The number of hydrogen-bond donors (Lipinski definition) is 3. The first-order valence-electron chi connectivity index (χ1n) is 7.68. The molecule has 0 bridgehead atoms. The molecular weight excluding hydrogens is 429 g/mol. The zero-order chi connectivity index (χ0) is 20.7. The predicted molar refractivity (Wildman–Crippen MR) is 110 cm³/mol. The van der Waals surface area contributed by atoms with Gasteiger partial charge in [-0.2, -0.15) is 0 Å². The molecule has 0 aliphatic heterocycles. The minimum Gasteiger partial charge on any atom is -0.394 e. The fraction of sp³-hybridized carbons (Fsp3) is 0.188. The molecule has 1 amide bonds. The maximum Gasteiger partial charge on any atom is 0.277 e. The van der Waals surface area contributed by atoms with Crippen LogP contribution < -0.4 is 16.3 Å². The number of nitrogens with zero attached hydrogens (tertiary/aromatic N) is 2. The van der Waals surface area contributed by atoms with E-state index in [1.54, 1.807) is 12.1 Å². The highest BCUT2D eigenvalue weighted by atomic mass is 35.5. The number of aromatic nitrogens is 2. The van der Waals surface area contributed by atoms with Crippen LogP contribution in [-0.4, -0.2) is 48.0 Å². The monoisotopic (exact) mass is 442 g/mol. The number of hydroxylamine groups is 1. The number of carbonyl (C=O) groups is 1. The largest absolute Gasteiger partial charge is 0.394 e. The van der Waals surface area contributed by atoms with Crippen LogP contribution in [0, 0.1) is 5.82 Å². The van der Waals surface area contributed by atoms with E-state index >= 15 is 0 Å². The van der Waals surface area contributed by atoms with Crippen LogP contribution in [-0.2, 0) is 4.84 Å². The summed E-state index contributed by atoms with van der Waals surface area (Å²) in [7, 11) is 5.65. The van der Waals surface area contributed by atoms with Crippen molar-refractivity contribution in [3.63, 3.8) is 0 Å². The zero-order valence-electron chi connectivity index (χ0n) is 14.5. The number of hydrogen-bond acceptors (Lipinski definition) is 7. The van der Waals surface area contributed by atoms with Crippen molar-refractivity contribution >= 4 is 75.5 Å². The predicted octanol–water partition coefficient (Wildman–Crippen LogP) is 2.53. The third kappa shape index (κ3) is 5.09. The Balaban J connectivity index is 0.00000136. The van der Waals surface area contributed by atoms with Crippen molar-refractivity contribution in [2.24, 2.45) is 0 Å². The number of anilines is 2. The zero-order valence-corrected chi connectivity index (χ0v) is 16.8. The average Bonchev–Trinajstić information content (AvgIpc) is 3.16. The Morgan fingerprint density at radius 1 is 1.39 bits per heavy atom. The summed E-state index contributed by atoms with van der Waals surface area (Å²) >= 11 is 11.7. The molecule has 0 saturated heterocycles. The van der Waals surface area contributed by atoms with Gasteiger partial charge in [-0.1, -0.05) is 27.6 Å². The van der Waals surface area contributed by atoms with E-state index in [9.17, 15) is 9.18 Å². The van der Waals surface area contributed by atoms with E-state index < -0.39 is 11.7 Å². The van der Waals surface area contributed by atoms with Gasteiger partial charge in [0.15, 0.2) is 5.82 Å². The van der Waals surface area contributed by atoms with Crippen LogP contribution in [0.5, 0.6) is 0 Å². The van der Waals surface area contributed by atoms with Gasteiger partial charge in [0.1, 0.15) is 13.4 Å². The number of halogens is 3. The summed E-state index contributed by atoms with van der Waals surface area (Å²) in [6.07, 6.45) is 1.47. The number of rotatable bonds is 6. The second kappa shape index (κ2) is 10.5. The fourth-order valence-corrected chi connectivity index (χ4v) is 3.00. The van der Waals surface area contributed by atoms with Gasteiger partial charge in [0.2, 0.25) is 0 Å². The van der Waals surface area contributed by atoms with Crippen molar-refractivity contribution in [2.75, 3.05) is 24.9 Å². The van der Waals surface area contributed by atoms with Crippen LogP contribution in [0.2, 0.25) is 5.02 Å². The molecule has 3 rings (SSSR count). The second-order valence-corrected chi connectivity index (χ2v) is 6.29. The molecule has 28 heavy (non-hydrogen) atoms. The number of aliphatic hydroxyl groups excluding tert-OH is 1. The van der Waals surface area contributed by atoms with Gasteiger partial charge in [0.25, 0.3) is 5.91 Å². The molecule has 0 unspecified atom stereocenters. The van der Waals surface area contributed by atoms with E-state index in [1.807, 2.05) is 0 Å². The molecule has 0 fully saturated rings. The number of fused-ring (bicyclic) bond motifs is 1. The van der Waals surface area contributed by atoms with Crippen LogP contribution >= 0.6 is 34.7 Å². The average molecular weight is 443 g/mol. The highest BCUT2D eigenvalue weighted by Crippen LogP contribution is 2.33. The molecule has 3 N–H and O–H groups in total. The minimum atomic E-state index is -0.753. The Kier molecular flexibility index (Phi) is 8.40. The van der Waals surface area contributed by atoms with Gasteiger partial charge in [0, 0.05) is 6.38 Å². The number of carbonyl (C=O) groups excluding carboxylic acids is 1. The standard InChI is InChI=1S/C15H11BClFN4O3S.CH3Cl/c16-7-1-2-10(9(17)5-7)19-13-8(15(24)21-25-4-3-23)6-11-14(12(13)18)20-22-26-11;1-2/h1-2,5-6,19,23H,3-4H2,(H,21,24);1H3. The molecule has 3 aromatic rings. The van der Waals surface area contributed by atoms with Gasteiger partial charge in [0.05, 0.1) is 39.9 Å². The highest BCUT2D eigenvalue weighted by Gasteiger charge is 2.22. The van der Waals surface area contributed by atoms with E-state index in [1.165, 1.54) is 18.5 Å². The summed E-state index contributed by atoms with van der Waals surface area (Å²) in [4.78, 5) is 17.2. The lowest BCUT2D eigenvalue weighted by atomic mass is 9.96. The first-order chi connectivity index (χ1) is 13.5. The number of nitrogens with one attached hydrogen (secondary N) is 2. The van der Waals surface area contributed by atoms with Crippen molar-refractivity contribution in [2.45, 2.75) is 0 Å². The normalized spacial score (nSPS) is 10.3. The Hall–Kier alpha value is -1.98. The fourth-order valence-electron chi connectivity index (χ4n) is 2.17. The molecule has 2 radical (unpaired) electrons. The molecule has 7 nitrogen and oxygen atoms in total. The summed E-state index contributed by atoms with van der Waals surface area (Å²) in [5.74, 6) is -1.46. The molecular formula is C16H14BCl2FN4O3S. The lowest BCUT2D eigenvalue weighted by Gasteiger charge is -2.14. The summed E-state index contributed by atoms with van der Waals surface area (Å²) in [6, 6.07) is 6.08. The molecule has 0 atom stereocenters. The van der Waals surface area contributed by atoms with Crippen molar-refractivity contribution in [3.8, 4) is 0 Å². The summed E-state index contributed by atoms with van der Waals surface area (Å²) < 4.78 is 19.0. The summed E-state index contributed by atoms with van der Waals surface area (Å²) in [6.45, 7) is -0.385. The lowest BCUT2D eigenvalue weighted by Crippen LogP contribution is -2.26. The first kappa shape index (κ1) is 22.3. The third-order valence-electron chi connectivity index (χ3n) is 3.34.